The average Bonchev–Trinajstić information content (AvgIpc) is 3.41. The highest BCUT2D eigenvalue weighted by molar-refractivity contribution is 5.18. The molecule has 5 nitrogen and oxygen atoms in total. The fraction of sp³-hybridized carbons (Fsp3) is 0.613. The first-order chi connectivity index (χ1) is 17.3. The second-order valence-corrected chi connectivity index (χ2v) is 11.7. The number of benzene rings is 2. The average molecular weight is 495 g/mol. The molecule has 0 aromatic heterocycles. The smallest absolute Gasteiger partial charge is 0.175 e. The summed E-state index contributed by atoms with van der Waals surface area (Å²) in [7, 11) is 0. The van der Waals surface area contributed by atoms with Crippen molar-refractivity contribution in [2.24, 2.45) is 16.7 Å². The molecule has 2 aromatic carbocycles. The van der Waals surface area contributed by atoms with Crippen LogP contribution in [0.15, 0.2) is 60.7 Å². The molecule has 1 heterocycles. The monoisotopic (exact) mass is 494 g/mol. The lowest BCUT2D eigenvalue weighted by Crippen LogP contribution is -2.50. The Morgan fingerprint density at radius 3 is 2.14 bits per heavy atom. The van der Waals surface area contributed by atoms with Crippen molar-refractivity contribution in [2.75, 3.05) is 6.61 Å². The fourth-order valence-electron chi connectivity index (χ4n) is 6.93. The SMILES string of the molecule is CCC1OC2(CC3CC[C@@]2(C)C3(C)C)O[C@H]1[C@@H](OCc1ccccc1)C(O)COCc1ccccc1. The molecule has 1 saturated heterocycles. The van der Waals surface area contributed by atoms with Gasteiger partial charge in [-0.3, -0.25) is 0 Å². The number of fused-ring (bicyclic) bond motifs is 3. The van der Waals surface area contributed by atoms with E-state index in [-0.39, 0.29) is 29.6 Å². The van der Waals surface area contributed by atoms with E-state index in [4.69, 9.17) is 18.9 Å². The molecule has 36 heavy (non-hydrogen) atoms. The first-order valence-corrected chi connectivity index (χ1v) is 13.6. The highest BCUT2D eigenvalue weighted by atomic mass is 16.8. The minimum absolute atomic E-state index is 0.0639. The van der Waals surface area contributed by atoms with E-state index < -0.39 is 18.0 Å². The molecule has 1 aliphatic heterocycles. The third kappa shape index (κ3) is 4.43. The Labute approximate surface area is 216 Å². The van der Waals surface area contributed by atoms with E-state index in [1.54, 1.807) is 0 Å². The first-order valence-electron chi connectivity index (χ1n) is 13.6. The number of ether oxygens (including phenoxy) is 4. The van der Waals surface area contributed by atoms with Gasteiger partial charge >= 0.3 is 0 Å². The second kappa shape index (κ2) is 10.2. The lowest BCUT2D eigenvalue weighted by Gasteiger charge is -2.45. The van der Waals surface area contributed by atoms with Gasteiger partial charge in [0, 0.05) is 11.8 Å². The topological polar surface area (TPSA) is 57.2 Å². The summed E-state index contributed by atoms with van der Waals surface area (Å²) in [4.78, 5) is 0. The van der Waals surface area contributed by atoms with Crippen molar-refractivity contribution in [3.8, 4) is 0 Å². The molecule has 7 atom stereocenters. The van der Waals surface area contributed by atoms with E-state index in [0.717, 1.165) is 30.4 Å². The van der Waals surface area contributed by atoms with Gasteiger partial charge in [0.2, 0.25) is 0 Å². The maximum atomic E-state index is 11.4. The van der Waals surface area contributed by atoms with Gasteiger partial charge in [-0.25, -0.2) is 0 Å². The zero-order valence-electron chi connectivity index (χ0n) is 22.2. The molecule has 5 rings (SSSR count). The Morgan fingerprint density at radius 1 is 0.944 bits per heavy atom. The second-order valence-electron chi connectivity index (χ2n) is 11.7. The number of rotatable bonds is 10. The molecule has 2 aromatic rings. The molecule has 196 valence electrons. The lowest BCUT2D eigenvalue weighted by molar-refractivity contribution is -0.259. The van der Waals surface area contributed by atoms with Crippen molar-refractivity contribution in [1.82, 2.24) is 0 Å². The van der Waals surface area contributed by atoms with Gasteiger partial charge in [0.05, 0.1) is 25.9 Å². The summed E-state index contributed by atoms with van der Waals surface area (Å²) >= 11 is 0. The number of hydrogen-bond donors (Lipinski definition) is 1. The van der Waals surface area contributed by atoms with Gasteiger partial charge in [0.25, 0.3) is 0 Å². The third-order valence-electron chi connectivity index (χ3n) is 9.62. The van der Waals surface area contributed by atoms with Crippen molar-refractivity contribution in [1.29, 1.82) is 0 Å². The fourth-order valence-corrected chi connectivity index (χ4v) is 6.93. The Morgan fingerprint density at radius 2 is 1.58 bits per heavy atom. The van der Waals surface area contributed by atoms with Gasteiger partial charge in [-0.2, -0.15) is 0 Å². The largest absolute Gasteiger partial charge is 0.388 e. The Balaban J connectivity index is 1.34. The van der Waals surface area contributed by atoms with Gasteiger partial charge in [-0.05, 0) is 41.7 Å². The van der Waals surface area contributed by atoms with Crippen LogP contribution in [0.25, 0.3) is 0 Å². The normalized spacial score (nSPS) is 34.3. The van der Waals surface area contributed by atoms with Crippen LogP contribution in [0.2, 0.25) is 0 Å². The molecule has 0 amide bonds. The Kier molecular flexibility index (Phi) is 7.32. The molecule has 2 bridgehead atoms. The maximum Gasteiger partial charge on any atom is 0.175 e. The number of hydrogen-bond acceptors (Lipinski definition) is 5. The predicted molar refractivity (Wildman–Crippen MR) is 139 cm³/mol. The van der Waals surface area contributed by atoms with E-state index in [1.165, 1.54) is 6.42 Å². The standard InChI is InChI=1S/C31H42O5/c1-5-26-28(36-31(35-26)18-24-16-17-30(31,4)29(24,2)3)27(34-20-23-14-10-7-11-15-23)25(32)21-33-19-22-12-8-6-9-13-22/h6-15,24-28,32H,5,16-21H2,1-4H3/t24?,25?,26?,27-,28+,30-,31?/m0/s1. The number of aliphatic hydroxyl groups excluding tert-OH is 1. The molecule has 3 aliphatic rings. The van der Waals surface area contributed by atoms with Crippen LogP contribution in [0, 0.1) is 16.7 Å². The molecule has 2 saturated carbocycles. The highest BCUT2D eigenvalue weighted by Crippen LogP contribution is 2.72. The summed E-state index contributed by atoms with van der Waals surface area (Å²) in [6.45, 7) is 10.2. The predicted octanol–water partition coefficient (Wildman–Crippen LogP) is 5.89. The molecular formula is C31H42O5. The zero-order chi connectivity index (χ0) is 25.4. The molecular weight excluding hydrogens is 452 g/mol. The quantitative estimate of drug-likeness (QED) is 0.447. The van der Waals surface area contributed by atoms with Gasteiger partial charge in [0.15, 0.2) is 5.79 Å². The lowest BCUT2D eigenvalue weighted by atomic mass is 9.68. The molecule has 4 unspecified atom stereocenters. The van der Waals surface area contributed by atoms with Crippen LogP contribution in [0.3, 0.4) is 0 Å². The van der Waals surface area contributed by atoms with E-state index in [9.17, 15) is 5.11 Å². The molecule has 0 radical (unpaired) electrons. The van der Waals surface area contributed by atoms with E-state index in [0.29, 0.717) is 19.1 Å². The summed E-state index contributed by atoms with van der Waals surface area (Å²) < 4.78 is 26.2. The van der Waals surface area contributed by atoms with E-state index in [2.05, 4.69) is 27.7 Å². The minimum Gasteiger partial charge on any atom is -0.388 e. The van der Waals surface area contributed by atoms with Gasteiger partial charge < -0.3 is 24.1 Å². The van der Waals surface area contributed by atoms with Crippen LogP contribution in [0.1, 0.15) is 64.5 Å². The van der Waals surface area contributed by atoms with Crippen LogP contribution in [0.4, 0.5) is 0 Å². The minimum atomic E-state index is -0.838. The molecule has 3 fully saturated rings. The van der Waals surface area contributed by atoms with Crippen molar-refractivity contribution in [3.63, 3.8) is 0 Å². The van der Waals surface area contributed by atoms with Crippen molar-refractivity contribution in [3.05, 3.63) is 71.8 Å². The third-order valence-corrected chi connectivity index (χ3v) is 9.62. The molecule has 1 spiro atoms. The van der Waals surface area contributed by atoms with Crippen molar-refractivity contribution >= 4 is 0 Å². The van der Waals surface area contributed by atoms with Gasteiger partial charge in [0.1, 0.15) is 18.3 Å². The molecule has 2 aliphatic carbocycles. The molecule has 1 N–H and O–H groups in total. The van der Waals surface area contributed by atoms with Crippen LogP contribution < -0.4 is 0 Å². The summed E-state index contributed by atoms with van der Waals surface area (Å²) in [5.41, 5.74) is 2.23. The summed E-state index contributed by atoms with van der Waals surface area (Å²) in [5.74, 6) is -0.0365. The van der Waals surface area contributed by atoms with Crippen LogP contribution in [0.5, 0.6) is 0 Å². The summed E-state index contributed by atoms with van der Waals surface area (Å²) in [6.07, 6.45) is 2.15. The van der Waals surface area contributed by atoms with Gasteiger partial charge in [-0.15, -0.1) is 0 Å². The van der Waals surface area contributed by atoms with Crippen molar-refractivity contribution in [2.45, 2.75) is 96.8 Å². The summed E-state index contributed by atoms with van der Waals surface area (Å²) in [5, 5.41) is 11.4. The first kappa shape index (κ1) is 25.9. The number of aliphatic hydroxyl groups is 1. The Hall–Kier alpha value is -1.76. The van der Waals surface area contributed by atoms with E-state index in [1.807, 2.05) is 60.7 Å². The van der Waals surface area contributed by atoms with E-state index >= 15 is 0 Å². The van der Waals surface area contributed by atoms with Crippen LogP contribution in [-0.4, -0.2) is 41.9 Å². The maximum absolute atomic E-state index is 11.4. The molecule has 5 heteroatoms. The zero-order valence-corrected chi connectivity index (χ0v) is 22.2. The summed E-state index contributed by atoms with van der Waals surface area (Å²) in [6, 6.07) is 20.1. The van der Waals surface area contributed by atoms with Crippen molar-refractivity contribution < 1.29 is 24.1 Å². The van der Waals surface area contributed by atoms with Crippen LogP contribution in [-0.2, 0) is 32.2 Å². The highest BCUT2D eigenvalue weighted by Gasteiger charge is 2.74. The Bertz CT molecular complexity index is 995. The van der Waals surface area contributed by atoms with Gasteiger partial charge in [-0.1, -0.05) is 88.4 Å². The van der Waals surface area contributed by atoms with Crippen LogP contribution >= 0.6 is 0 Å².